The molecule has 18 heavy (non-hydrogen) atoms. The van der Waals surface area contributed by atoms with Crippen molar-refractivity contribution in [3.8, 4) is 17.2 Å². The van der Waals surface area contributed by atoms with Crippen molar-refractivity contribution < 1.29 is 0 Å². The van der Waals surface area contributed by atoms with E-state index in [1.807, 2.05) is 6.07 Å². The van der Waals surface area contributed by atoms with Gasteiger partial charge in [0, 0.05) is 17.3 Å². The fourth-order valence-electron chi connectivity index (χ4n) is 1.67. The summed E-state index contributed by atoms with van der Waals surface area (Å²) in [5.41, 5.74) is 1.92. The molecule has 0 aliphatic carbocycles. The normalized spacial score (nSPS) is 10.1. The van der Waals surface area contributed by atoms with Crippen LogP contribution in [0.3, 0.4) is 0 Å². The van der Waals surface area contributed by atoms with Gasteiger partial charge in [0.2, 0.25) is 5.56 Å². The Morgan fingerprint density at radius 1 is 1.17 bits per heavy atom. The van der Waals surface area contributed by atoms with Crippen LogP contribution in [0.5, 0.6) is 0 Å². The molecule has 1 aromatic carbocycles. The molecule has 0 fully saturated rings. The SMILES string of the molecule is N#CCc1[nH]c(=O)ccc1-c1ccc(Cl)c(Cl)c1. The van der Waals surface area contributed by atoms with Crippen LogP contribution in [0.15, 0.2) is 35.1 Å². The Kier molecular flexibility index (Phi) is 3.71. The van der Waals surface area contributed by atoms with E-state index >= 15 is 0 Å². The first-order valence-corrected chi connectivity index (χ1v) is 5.92. The van der Waals surface area contributed by atoms with Crippen molar-refractivity contribution in [2.45, 2.75) is 6.42 Å². The van der Waals surface area contributed by atoms with Crippen LogP contribution in [-0.2, 0) is 6.42 Å². The molecule has 1 aromatic heterocycles. The molecule has 0 amide bonds. The molecule has 90 valence electrons. The number of nitrogens with zero attached hydrogens (tertiary/aromatic N) is 1. The minimum absolute atomic E-state index is 0.131. The number of pyridine rings is 1. The van der Waals surface area contributed by atoms with Crippen molar-refractivity contribution >= 4 is 23.2 Å². The number of hydrogen-bond acceptors (Lipinski definition) is 2. The highest BCUT2D eigenvalue weighted by Crippen LogP contribution is 2.29. The summed E-state index contributed by atoms with van der Waals surface area (Å²) in [7, 11) is 0. The number of hydrogen-bond donors (Lipinski definition) is 1. The molecule has 1 N–H and O–H groups in total. The second-order valence-electron chi connectivity index (χ2n) is 3.68. The molecule has 3 nitrogen and oxygen atoms in total. The Balaban J connectivity index is 2.59. The summed E-state index contributed by atoms with van der Waals surface area (Å²) >= 11 is 11.8. The highest BCUT2D eigenvalue weighted by Gasteiger charge is 2.08. The van der Waals surface area contributed by atoms with Crippen LogP contribution in [0, 0.1) is 11.3 Å². The molecule has 0 bridgehead atoms. The topological polar surface area (TPSA) is 56.6 Å². The minimum atomic E-state index is -0.232. The third-order valence-electron chi connectivity index (χ3n) is 2.49. The summed E-state index contributed by atoms with van der Waals surface area (Å²) in [6, 6.07) is 10.3. The molecule has 1 heterocycles. The lowest BCUT2D eigenvalue weighted by atomic mass is 10.0. The van der Waals surface area contributed by atoms with E-state index in [1.54, 1.807) is 24.3 Å². The molecule has 0 spiro atoms. The first-order chi connectivity index (χ1) is 8.61. The number of aromatic nitrogens is 1. The monoisotopic (exact) mass is 278 g/mol. The first kappa shape index (κ1) is 12.7. The predicted molar refractivity (Wildman–Crippen MR) is 71.8 cm³/mol. The molecule has 5 heteroatoms. The molecule has 2 aromatic rings. The van der Waals surface area contributed by atoms with E-state index in [-0.39, 0.29) is 12.0 Å². The lowest BCUT2D eigenvalue weighted by Crippen LogP contribution is -2.08. The van der Waals surface area contributed by atoms with E-state index in [9.17, 15) is 4.79 Å². The maximum atomic E-state index is 11.3. The maximum absolute atomic E-state index is 11.3. The number of halogens is 2. The quantitative estimate of drug-likeness (QED) is 0.915. The zero-order chi connectivity index (χ0) is 13.1. The summed E-state index contributed by atoms with van der Waals surface area (Å²) in [5, 5.41) is 9.66. The van der Waals surface area contributed by atoms with Crippen molar-refractivity contribution in [1.82, 2.24) is 4.98 Å². The Hall–Kier alpha value is -1.76. The Labute approximate surface area is 114 Å². The summed E-state index contributed by atoms with van der Waals surface area (Å²) in [6.07, 6.45) is 0.131. The van der Waals surface area contributed by atoms with E-state index in [2.05, 4.69) is 4.98 Å². The summed E-state index contributed by atoms with van der Waals surface area (Å²) in [6.45, 7) is 0. The van der Waals surface area contributed by atoms with Crippen LogP contribution in [0.2, 0.25) is 10.0 Å². The summed E-state index contributed by atoms with van der Waals surface area (Å²) in [5.74, 6) is 0. The molecule has 0 saturated carbocycles. The van der Waals surface area contributed by atoms with Crippen LogP contribution in [-0.4, -0.2) is 4.98 Å². The molecule has 2 rings (SSSR count). The Bertz CT molecular complexity index is 686. The number of benzene rings is 1. The summed E-state index contributed by atoms with van der Waals surface area (Å²) < 4.78 is 0. The van der Waals surface area contributed by atoms with Gasteiger partial charge in [-0.3, -0.25) is 4.79 Å². The highest BCUT2D eigenvalue weighted by molar-refractivity contribution is 6.42. The van der Waals surface area contributed by atoms with E-state index in [0.717, 1.165) is 11.1 Å². The number of aromatic amines is 1. The van der Waals surface area contributed by atoms with Gasteiger partial charge in [0.05, 0.1) is 22.5 Å². The largest absolute Gasteiger partial charge is 0.325 e. The first-order valence-electron chi connectivity index (χ1n) is 5.16. The molecular weight excluding hydrogens is 271 g/mol. The molecule has 0 unspecified atom stereocenters. The van der Waals surface area contributed by atoms with Gasteiger partial charge in [-0.15, -0.1) is 0 Å². The lowest BCUT2D eigenvalue weighted by molar-refractivity contribution is 1.08. The van der Waals surface area contributed by atoms with Crippen LogP contribution in [0.25, 0.3) is 11.1 Å². The third-order valence-corrected chi connectivity index (χ3v) is 3.23. The Morgan fingerprint density at radius 3 is 2.61 bits per heavy atom. The van der Waals surface area contributed by atoms with E-state index in [1.165, 1.54) is 6.07 Å². The van der Waals surface area contributed by atoms with Gasteiger partial charge in [0.1, 0.15) is 0 Å². The van der Waals surface area contributed by atoms with Crippen molar-refractivity contribution in [2.24, 2.45) is 0 Å². The highest BCUT2D eigenvalue weighted by atomic mass is 35.5. The van der Waals surface area contributed by atoms with Crippen LogP contribution >= 0.6 is 23.2 Å². The third kappa shape index (κ3) is 2.56. The standard InChI is InChI=1S/C13H8Cl2N2O/c14-10-3-1-8(7-11(10)15)9-2-4-13(18)17-12(9)5-6-16/h1-4,7H,5H2,(H,17,18). The molecule has 0 aliphatic heterocycles. The fraction of sp³-hybridized carbons (Fsp3) is 0.0769. The van der Waals surface area contributed by atoms with E-state index < -0.39 is 0 Å². The molecular formula is C13H8Cl2N2O. The van der Waals surface area contributed by atoms with Gasteiger partial charge in [-0.05, 0) is 23.8 Å². The number of H-pyrrole nitrogens is 1. The number of rotatable bonds is 2. The molecule has 0 atom stereocenters. The van der Waals surface area contributed by atoms with Crippen molar-refractivity contribution in [3.05, 3.63) is 56.4 Å². The smallest absolute Gasteiger partial charge is 0.248 e. The van der Waals surface area contributed by atoms with E-state index in [4.69, 9.17) is 28.5 Å². The molecule has 0 saturated heterocycles. The van der Waals surface area contributed by atoms with Gasteiger partial charge in [-0.2, -0.15) is 5.26 Å². The second kappa shape index (κ2) is 5.26. The Morgan fingerprint density at radius 2 is 1.94 bits per heavy atom. The van der Waals surface area contributed by atoms with Gasteiger partial charge in [-0.25, -0.2) is 0 Å². The number of nitriles is 1. The van der Waals surface area contributed by atoms with Crippen LogP contribution in [0.4, 0.5) is 0 Å². The zero-order valence-electron chi connectivity index (χ0n) is 9.21. The lowest BCUT2D eigenvalue weighted by Gasteiger charge is -2.07. The van der Waals surface area contributed by atoms with E-state index in [0.29, 0.717) is 15.7 Å². The van der Waals surface area contributed by atoms with Gasteiger partial charge in [0.25, 0.3) is 0 Å². The van der Waals surface area contributed by atoms with Crippen LogP contribution < -0.4 is 5.56 Å². The van der Waals surface area contributed by atoms with Gasteiger partial charge < -0.3 is 4.98 Å². The van der Waals surface area contributed by atoms with Gasteiger partial charge in [-0.1, -0.05) is 29.3 Å². The maximum Gasteiger partial charge on any atom is 0.248 e. The predicted octanol–water partition coefficient (Wildman–Crippen LogP) is 3.41. The molecule has 0 aliphatic rings. The average molecular weight is 279 g/mol. The van der Waals surface area contributed by atoms with Crippen molar-refractivity contribution in [1.29, 1.82) is 5.26 Å². The molecule has 0 radical (unpaired) electrons. The van der Waals surface area contributed by atoms with Crippen LogP contribution in [0.1, 0.15) is 5.69 Å². The van der Waals surface area contributed by atoms with Gasteiger partial charge >= 0.3 is 0 Å². The van der Waals surface area contributed by atoms with Crippen molar-refractivity contribution in [3.63, 3.8) is 0 Å². The van der Waals surface area contributed by atoms with Crippen molar-refractivity contribution in [2.75, 3.05) is 0 Å². The number of nitrogens with one attached hydrogen (secondary N) is 1. The van der Waals surface area contributed by atoms with Gasteiger partial charge in [0.15, 0.2) is 0 Å². The average Bonchev–Trinajstić information content (AvgIpc) is 2.34. The second-order valence-corrected chi connectivity index (χ2v) is 4.49. The summed E-state index contributed by atoms with van der Waals surface area (Å²) in [4.78, 5) is 13.9. The zero-order valence-corrected chi connectivity index (χ0v) is 10.7. The fourth-order valence-corrected chi connectivity index (χ4v) is 1.97. The minimum Gasteiger partial charge on any atom is -0.325 e.